The van der Waals surface area contributed by atoms with Gasteiger partial charge in [-0.1, -0.05) is 0 Å². The normalized spacial score (nSPS) is 28.9. The summed E-state index contributed by atoms with van der Waals surface area (Å²) in [6.07, 6.45) is 0.871. The monoisotopic (exact) mass is 187 g/mol. The van der Waals surface area contributed by atoms with Crippen LogP contribution in [-0.2, 0) is 9.53 Å². The van der Waals surface area contributed by atoms with Gasteiger partial charge in [0.15, 0.2) is 0 Å². The average Bonchev–Trinajstić information content (AvgIpc) is 2.50. The number of likely N-dealkylation sites (N-methyl/N-ethyl adjacent to an activating group) is 1. The zero-order chi connectivity index (χ0) is 10.1. The van der Waals surface area contributed by atoms with E-state index in [9.17, 15) is 4.79 Å². The van der Waals surface area contributed by atoms with Crippen LogP contribution in [0.15, 0.2) is 0 Å². The first-order valence-corrected chi connectivity index (χ1v) is 4.57. The predicted molar refractivity (Wildman–Crippen MR) is 50.2 cm³/mol. The molecule has 4 nitrogen and oxygen atoms in total. The van der Waals surface area contributed by atoms with Gasteiger partial charge in [-0.05, 0) is 0 Å². The summed E-state index contributed by atoms with van der Waals surface area (Å²) < 4.78 is 5.58. The second kappa shape index (κ2) is 3.64. The van der Waals surface area contributed by atoms with Gasteiger partial charge in [-0.25, -0.2) is 0 Å². The molecule has 0 bridgehead atoms. The molecule has 1 rings (SSSR count). The summed E-state index contributed by atoms with van der Waals surface area (Å²) in [4.78, 5) is 11.2. The van der Waals surface area contributed by atoms with Gasteiger partial charge in [-0.3, -0.25) is 10.1 Å². The average molecular weight is 187 g/mol. The highest BCUT2D eigenvalue weighted by Gasteiger charge is 2.37. The van der Waals surface area contributed by atoms with Crippen molar-refractivity contribution in [3.63, 3.8) is 0 Å². The minimum Gasteiger partial charge on any atom is -0.468 e. The molecule has 4 heteroatoms. The van der Waals surface area contributed by atoms with Crippen molar-refractivity contribution >= 4 is 5.97 Å². The first kappa shape index (κ1) is 10.5. The van der Waals surface area contributed by atoms with Gasteiger partial charge in [0.1, 0.15) is 12.1 Å². The van der Waals surface area contributed by atoms with Gasteiger partial charge in [0.2, 0.25) is 0 Å². The molecule has 1 heterocycles. The summed E-state index contributed by atoms with van der Waals surface area (Å²) in [6, 6.07) is 0.399. The Labute approximate surface area is 79.4 Å². The van der Waals surface area contributed by atoms with E-state index < -0.39 is 0 Å². The minimum absolute atomic E-state index is 0.104. The maximum Gasteiger partial charge on any atom is 0.323 e. The molecule has 1 N–H and O–H groups in total. The Morgan fingerprint density at radius 3 is 2.46 bits per heavy atom. The molecular weight excluding hydrogens is 168 g/mol. The van der Waals surface area contributed by atoms with Gasteiger partial charge >= 0.3 is 5.97 Å². The van der Waals surface area contributed by atoms with Crippen molar-refractivity contribution in [1.29, 1.82) is 0 Å². The third-order valence-electron chi connectivity index (χ3n) is 2.69. The van der Waals surface area contributed by atoms with E-state index in [1.165, 1.54) is 7.11 Å². The molecule has 0 aromatic heterocycles. The van der Waals surface area contributed by atoms with Gasteiger partial charge in [0, 0.05) is 13.0 Å². The number of hydrogen-bond acceptors (Lipinski definition) is 3. The molecule has 0 amide bonds. The van der Waals surface area contributed by atoms with E-state index in [0.29, 0.717) is 6.04 Å². The molecule has 0 aromatic rings. The van der Waals surface area contributed by atoms with Crippen LogP contribution in [0.5, 0.6) is 0 Å². The van der Waals surface area contributed by atoms with E-state index in [-0.39, 0.29) is 12.0 Å². The van der Waals surface area contributed by atoms with Crippen molar-refractivity contribution in [2.45, 2.75) is 18.5 Å². The number of ether oxygens (including phenoxy) is 1. The fourth-order valence-electron chi connectivity index (χ4n) is 1.63. The Bertz CT molecular complexity index is 198. The standard InChI is InChI=1S/C9H19N2O2/c1-11(2,3)7-5-8(10-6-7)9(12)13-4/h7-8,10H,5-6H2,1-4H3/q+1. The first-order chi connectivity index (χ1) is 5.95. The van der Waals surface area contributed by atoms with Crippen LogP contribution in [0, 0.1) is 0 Å². The molecule has 0 radical (unpaired) electrons. The Kier molecular flexibility index (Phi) is 2.93. The van der Waals surface area contributed by atoms with Crippen LogP contribution in [-0.4, -0.2) is 57.3 Å². The summed E-state index contributed by atoms with van der Waals surface area (Å²) in [5, 5.41) is 3.17. The maximum absolute atomic E-state index is 11.2. The van der Waals surface area contributed by atoms with E-state index in [1.54, 1.807) is 0 Å². The van der Waals surface area contributed by atoms with Crippen LogP contribution < -0.4 is 5.32 Å². The number of esters is 1. The zero-order valence-electron chi connectivity index (χ0n) is 8.83. The molecule has 0 saturated carbocycles. The van der Waals surface area contributed by atoms with Crippen molar-refractivity contribution in [3.05, 3.63) is 0 Å². The molecular formula is C9H19N2O2+. The summed E-state index contributed by atoms with van der Waals surface area (Å²) in [7, 11) is 7.87. The van der Waals surface area contributed by atoms with Crippen molar-refractivity contribution in [3.8, 4) is 0 Å². The van der Waals surface area contributed by atoms with E-state index >= 15 is 0 Å². The van der Waals surface area contributed by atoms with E-state index in [2.05, 4.69) is 31.2 Å². The van der Waals surface area contributed by atoms with Crippen molar-refractivity contribution in [1.82, 2.24) is 5.32 Å². The SMILES string of the molecule is COC(=O)C1CC([N+](C)(C)C)CN1. The molecule has 2 atom stereocenters. The number of nitrogens with zero attached hydrogens (tertiary/aromatic N) is 1. The fourth-order valence-corrected chi connectivity index (χ4v) is 1.63. The predicted octanol–water partition coefficient (Wildman–Crippen LogP) is -0.404. The Morgan fingerprint density at radius 1 is 1.46 bits per heavy atom. The second-order valence-corrected chi connectivity index (χ2v) is 4.49. The molecule has 1 fully saturated rings. The number of rotatable bonds is 2. The second-order valence-electron chi connectivity index (χ2n) is 4.49. The van der Waals surface area contributed by atoms with Crippen LogP contribution in [0.3, 0.4) is 0 Å². The molecule has 1 aliphatic rings. The van der Waals surface area contributed by atoms with Crippen LogP contribution in [0.2, 0.25) is 0 Å². The van der Waals surface area contributed by atoms with Crippen LogP contribution in [0.4, 0.5) is 0 Å². The lowest BCUT2D eigenvalue weighted by Gasteiger charge is -2.30. The minimum atomic E-state index is -0.143. The third kappa shape index (κ3) is 2.42. The van der Waals surface area contributed by atoms with E-state index in [0.717, 1.165) is 17.4 Å². The van der Waals surface area contributed by atoms with Crippen LogP contribution >= 0.6 is 0 Å². The number of hydrogen-bond donors (Lipinski definition) is 1. The highest BCUT2D eigenvalue weighted by atomic mass is 16.5. The highest BCUT2D eigenvalue weighted by Crippen LogP contribution is 2.16. The molecule has 1 saturated heterocycles. The number of nitrogens with one attached hydrogen (secondary N) is 1. The Morgan fingerprint density at radius 2 is 2.08 bits per heavy atom. The summed E-state index contributed by atoms with van der Waals surface area (Å²) in [6.45, 7) is 0.892. The van der Waals surface area contributed by atoms with Crippen molar-refractivity contribution in [2.24, 2.45) is 0 Å². The third-order valence-corrected chi connectivity index (χ3v) is 2.69. The zero-order valence-corrected chi connectivity index (χ0v) is 8.83. The lowest BCUT2D eigenvalue weighted by Crippen LogP contribution is -2.46. The lowest BCUT2D eigenvalue weighted by molar-refractivity contribution is -0.893. The fraction of sp³-hybridized carbons (Fsp3) is 0.889. The topological polar surface area (TPSA) is 38.3 Å². The quantitative estimate of drug-likeness (QED) is 0.472. The van der Waals surface area contributed by atoms with Gasteiger partial charge < -0.3 is 9.22 Å². The van der Waals surface area contributed by atoms with Crippen molar-refractivity contribution < 1.29 is 14.0 Å². The number of carbonyl (C=O) groups is 1. The van der Waals surface area contributed by atoms with Crippen molar-refractivity contribution in [2.75, 3.05) is 34.8 Å². The van der Waals surface area contributed by atoms with Crippen LogP contribution in [0.1, 0.15) is 6.42 Å². The van der Waals surface area contributed by atoms with E-state index in [1.807, 2.05) is 0 Å². The van der Waals surface area contributed by atoms with Gasteiger partial charge in [-0.2, -0.15) is 0 Å². The van der Waals surface area contributed by atoms with Gasteiger partial charge in [0.25, 0.3) is 0 Å². The first-order valence-electron chi connectivity index (χ1n) is 4.57. The summed E-state index contributed by atoms with van der Waals surface area (Å²) in [5.74, 6) is -0.143. The van der Waals surface area contributed by atoms with Gasteiger partial charge in [-0.15, -0.1) is 0 Å². The van der Waals surface area contributed by atoms with E-state index in [4.69, 9.17) is 0 Å². The molecule has 0 aliphatic carbocycles. The smallest absolute Gasteiger partial charge is 0.323 e. The number of quaternary nitrogens is 1. The lowest BCUT2D eigenvalue weighted by atomic mass is 10.1. The molecule has 1 aliphatic heterocycles. The molecule has 0 aromatic carbocycles. The Hall–Kier alpha value is -0.610. The largest absolute Gasteiger partial charge is 0.468 e. The molecule has 76 valence electrons. The number of carbonyl (C=O) groups excluding carboxylic acids is 1. The number of methoxy groups -OCH3 is 1. The molecule has 13 heavy (non-hydrogen) atoms. The highest BCUT2D eigenvalue weighted by molar-refractivity contribution is 5.76. The molecule has 2 unspecified atom stereocenters. The summed E-state index contributed by atoms with van der Waals surface area (Å²) in [5.41, 5.74) is 0. The Balaban J connectivity index is 2.50. The maximum atomic E-state index is 11.2. The molecule has 0 spiro atoms. The van der Waals surface area contributed by atoms with Crippen LogP contribution in [0.25, 0.3) is 0 Å². The summed E-state index contributed by atoms with van der Waals surface area (Å²) >= 11 is 0. The van der Waals surface area contributed by atoms with Gasteiger partial charge in [0.05, 0.1) is 28.3 Å².